The molecule has 2 atom stereocenters. The standard InChI is InChI=1S/C22H24N6O2/c1-13-7-17-18(26-21(13)29)8-14(10-24-17)12-27-5-6-28(20-9-19(20)27)15-3-4-16(25-11-15)22(30)23-2/h3-4,7-8,10-11,19-20H,5-6,9,12H2,1-2H3,(H,23,30)(H,26,29)/t19-,20+/m0/s1. The molecule has 8 heteroatoms. The van der Waals surface area contributed by atoms with Crippen molar-refractivity contribution < 1.29 is 4.79 Å². The van der Waals surface area contributed by atoms with E-state index in [-0.39, 0.29) is 11.5 Å². The van der Waals surface area contributed by atoms with Crippen LogP contribution in [0.15, 0.2) is 41.5 Å². The van der Waals surface area contributed by atoms with Crippen LogP contribution >= 0.6 is 0 Å². The van der Waals surface area contributed by atoms with Crippen molar-refractivity contribution in [3.63, 3.8) is 0 Å². The molecule has 3 aromatic rings. The number of aromatic nitrogens is 3. The van der Waals surface area contributed by atoms with Gasteiger partial charge in [0.1, 0.15) is 5.69 Å². The van der Waals surface area contributed by atoms with Gasteiger partial charge in [-0.1, -0.05) is 0 Å². The van der Waals surface area contributed by atoms with Crippen LogP contribution in [0.4, 0.5) is 5.69 Å². The number of rotatable bonds is 4. The normalized spacial score (nSPS) is 20.8. The summed E-state index contributed by atoms with van der Waals surface area (Å²) < 4.78 is 0. The SMILES string of the molecule is CNC(=O)c1ccc(N2CCN(Cc3cnc4cc(C)c(=O)[nH]c4c3)[C@H]3C[C@H]32)cn1. The van der Waals surface area contributed by atoms with Crippen molar-refractivity contribution in [1.29, 1.82) is 0 Å². The number of nitrogens with zero attached hydrogens (tertiary/aromatic N) is 4. The van der Waals surface area contributed by atoms with Crippen molar-refractivity contribution >= 4 is 22.6 Å². The Kier molecular flexibility index (Phi) is 4.51. The third-order valence-electron chi connectivity index (χ3n) is 6.08. The molecule has 0 bridgehead atoms. The first kappa shape index (κ1) is 18.7. The summed E-state index contributed by atoms with van der Waals surface area (Å²) in [6, 6.07) is 8.60. The van der Waals surface area contributed by atoms with Gasteiger partial charge in [-0.2, -0.15) is 0 Å². The zero-order chi connectivity index (χ0) is 20.8. The van der Waals surface area contributed by atoms with Crippen LogP contribution in [0.25, 0.3) is 11.0 Å². The molecule has 0 spiro atoms. The van der Waals surface area contributed by atoms with E-state index in [9.17, 15) is 9.59 Å². The molecule has 2 aliphatic rings. The monoisotopic (exact) mass is 404 g/mol. The maximum Gasteiger partial charge on any atom is 0.269 e. The Morgan fingerprint density at radius 2 is 2.07 bits per heavy atom. The highest BCUT2D eigenvalue weighted by Crippen LogP contribution is 2.40. The third kappa shape index (κ3) is 3.33. The van der Waals surface area contributed by atoms with Gasteiger partial charge in [-0.25, -0.2) is 4.98 Å². The smallest absolute Gasteiger partial charge is 0.269 e. The number of nitrogens with one attached hydrogen (secondary N) is 2. The van der Waals surface area contributed by atoms with E-state index in [0.29, 0.717) is 23.3 Å². The highest BCUT2D eigenvalue weighted by Gasteiger charge is 2.48. The Balaban J connectivity index is 1.28. The number of amides is 1. The molecule has 1 saturated carbocycles. The van der Waals surface area contributed by atoms with Crippen molar-refractivity contribution in [2.24, 2.45) is 0 Å². The summed E-state index contributed by atoms with van der Waals surface area (Å²) in [6.07, 6.45) is 4.82. The van der Waals surface area contributed by atoms with Gasteiger partial charge < -0.3 is 15.2 Å². The number of aryl methyl sites for hydroxylation is 1. The van der Waals surface area contributed by atoms with Crippen molar-refractivity contribution in [3.05, 3.63) is 63.8 Å². The van der Waals surface area contributed by atoms with Gasteiger partial charge in [-0.15, -0.1) is 0 Å². The molecule has 1 saturated heterocycles. The first-order valence-electron chi connectivity index (χ1n) is 10.2. The minimum Gasteiger partial charge on any atom is -0.364 e. The van der Waals surface area contributed by atoms with Gasteiger partial charge in [0.05, 0.1) is 22.9 Å². The number of aromatic amines is 1. The molecule has 4 heterocycles. The Labute approximate surface area is 173 Å². The van der Waals surface area contributed by atoms with Crippen molar-refractivity contribution in [2.75, 3.05) is 25.0 Å². The van der Waals surface area contributed by atoms with Crippen LogP contribution in [0.1, 0.15) is 28.0 Å². The van der Waals surface area contributed by atoms with Crippen LogP contribution in [0.2, 0.25) is 0 Å². The van der Waals surface area contributed by atoms with Gasteiger partial charge in [0, 0.05) is 50.5 Å². The molecule has 0 aromatic carbocycles. The number of hydrogen-bond donors (Lipinski definition) is 2. The predicted octanol–water partition coefficient (Wildman–Crippen LogP) is 1.45. The second-order valence-corrected chi connectivity index (χ2v) is 8.07. The molecule has 2 N–H and O–H groups in total. The molecule has 0 radical (unpaired) electrons. The number of piperazine rings is 1. The molecule has 30 heavy (non-hydrogen) atoms. The topological polar surface area (TPSA) is 94.2 Å². The lowest BCUT2D eigenvalue weighted by Crippen LogP contribution is -2.46. The third-order valence-corrected chi connectivity index (χ3v) is 6.08. The molecule has 1 aliphatic heterocycles. The fourth-order valence-corrected chi connectivity index (χ4v) is 4.35. The van der Waals surface area contributed by atoms with E-state index in [2.05, 4.69) is 30.1 Å². The van der Waals surface area contributed by atoms with Gasteiger partial charge in [-0.3, -0.25) is 19.5 Å². The quantitative estimate of drug-likeness (QED) is 0.684. The number of carbonyl (C=O) groups is 1. The largest absolute Gasteiger partial charge is 0.364 e. The lowest BCUT2D eigenvalue weighted by atomic mass is 10.2. The van der Waals surface area contributed by atoms with Crippen LogP contribution in [0.5, 0.6) is 0 Å². The van der Waals surface area contributed by atoms with Crippen LogP contribution in [0.3, 0.4) is 0 Å². The number of H-pyrrole nitrogens is 1. The highest BCUT2D eigenvalue weighted by molar-refractivity contribution is 5.92. The summed E-state index contributed by atoms with van der Waals surface area (Å²) in [6.45, 7) is 4.48. The zero-order valence-electron chi connectivity index (χ0n) is 17.1. The second kappa shape index (κ2) is 7.21. The minimum absolute atomic E-state index is 0.0617. The van der Waals surface area contributed by atoms with Gasteiger partial charge in [0.2, 0.25) is 0 Å². The zero-order valence-corrected chi connectivity index (χ0v) is 17.1. The van der Waals surface area contributed by atoms with Gasteiger partial charge >= 0.3 is 0 Å². The summed E-state index contributed by atoms with van der Waals surface area (Å²) in [4.78, 5) is 40.2. The second-order valence-electron chi connectivity index (χ2n) is 8.07. The molecule has 1 aliphatic carbocycles. The Hall–Kier alpha value is -3.26. The van der Waals surface area contributed by atoms with E-state index in [1.54, 1.807) is 26.2 Å². The van der Waals surface area contributed by atoms with E-state index in [1.165, 1.54) is 0 Å². The van der Waals surface area contributed by atoms with Crippen molar-refractivity contribution in [1.82, 2.24) is 25.2 Å². The molecule has 1 amide bonds. The number of anilines is 1. The van der Waals surface area contributed by atoms with E-state index < -0.39 is 0 Å². The van der Waals surface area contributed by atoms with Crippen molar-refractivity contribution in [2.45, 2.75) is 32.0 Å². The first-order chi connectivity index (χ1) is 14.5. The summed E-state index contributed by atoms with van der Waals surface area (Å²) >= 11 is 0. The number of pyridine rings is 3. The molecular formula is C22H24N6O2. The fraction of sp³-hybridized carbons (Fsp3) is 0.364. The van der Waals surface area contributed by atoms with E-state index in [4.69, 9.17) is 0 Å². The minimum atomic E-state index is -0.170. The summed E-state index contributed by atoms with van der Waals surface area (Å²) in [5.74, 6) is -0.170. The van der Waals surface area contributed by atoms with Crippen LogP contribution in [-0.2, 0) is 6.54 Å². The summed E-state index contributed by atoms with van der Waals surface area (Å²) in [5, 5.41) is 2.60. The average molecular weight is 404 g/mol. The maximum atomic E-state index is 11.9. The molecule has 154 valence electrons. The molecule has 5 rings (SSSR count). The first-order valence-corrected chi connectivity index (χ1v) is 10.2. The van der Waals surface area contributed by atoms with E-state index in [1.807, 2.05) is 24.4 Å². The number of fused-ring (bicyclic) bond motifs is 2. The van der Waals surface area contributed by atoms with E-state index in [0.717, 1.165) is 48.3 Å². The van der Waals surface area contributed by atoms with Crippen LogP contribution in [0, 0.1) is 6.92 Å². The predicted molar refractivity (Wildman–Crippen MR) is 115 cm³/mol. The molecule has 3 aromatic heterocycles. The highest BCUT2D eigenvalue weighted by atomic mass is 16.1. The van der Waals surface area contributed by atoms with Gasteiger partial charge in [0.15, 0.2) is 0 Å². The lowest BCUT2D eigenvalue weighted by Gasteiger charge is -2.35. The van der Waals surface area contributed by atoms with E-state index >= 15 is 0 Å². The fourth-order valence-electron chi connectivity index (χ4n) is 4.35. The summed E-state index contributed by atoms with van der Waals surface area (Å²) in [5.41, 5.74) is 4.83. The Morgan fingerprint density at radius 1 is 1.20 bits per heavy atom. The average Bonchev–Trinajstić information content (AvgIpc) is 3.56. The summed E-state index contributed by atoms with van der Waals surface area (Å²) in [7, 11) is 1.61. The van der Waals surface area contributed by atoms with Gasteiger partial charge in [0.25, 0.3) is 11.5 Å². The Bertz CT molecular complexity index is 1170. The number of hydrogen-bond acceptors (Lipinski definition) is 6. The maximum absolute atomic E-state index is 11.9. The van der Waals surface area contributed by atoms with Crippen molar-refractivity contribution in [3.8, 4) is 0 Å². The number of carbonyl (C=O) groups excluding carboxylic acids is 1. The molecule has 2 fully saturated rings. The lowest BCUT2D eigenvalue weighted by molar-refractivity contribution is 0.0958. The van der Waals surface area contributed by atoms with Gasteiger partial charge in [-0.05, 0) is 43.2 Å². The molecule has 8 nitrogen and oxygen atoms in total. The Morgan fingerprint density at radius 3 is 2.83 bits per heavy atom. The van der Waals surface area contributed by atoms with Crippen LogP contribution < -0.4 is 15.8 Å². The van der Waals surface area contributed by atoms with Crippen LogP contribution in [-0.4, -0.2) is 58.0 Å². The molecule has 0 unspecified atom stereocenters. The molecular weight excluding hydrogens is 380 g/mol.